The van der Waals surface area contributed by atoms with Gasteiger partial charge in [-0.05, 0) is 28.8 Å². The normalized spacial score (nSPS) is 15.4. The molecule has 0 bridgehead atoms. The van der Waals surface area contributed by atoms with Crippen LogP contribution in [0.4, 0.5) is 5.69 Å². The fourth-order valence-corrected chi connectivity index (χ4v) is 4.99. The molecular formula is C32H32N2O4. The van der Waals surface area contributed by atoms with Crippen molar-refractivity contribution in [1.29, 1.82) is 0 Å². The number of anilines is 1. The van der Waals surface area contributed by atoms with E-state index in [2.05, 4.69) is 41.7 Å². The van der Waals surface area contributed by atoms with E-state index in [4.69, 9.17) is 14.2 Å². The molecule has 6 nitrogen and oxygen atoms in total. The Hall–Kier alpha value is -4.13. The predicted molar refractivity (Wildman–Crippen MR) is 149 cm³/mol. The van der Waals surface area contributed by atoms with Crippen LogP contribution in [0.5, 0.6) is 11.5 Å². The van der Waals surface area contributed by atoms with Gasteiger partial charge in [0.05, 0.1) is 17.8 Å². The maximum Gasteiger partial charge on any atom is 0.247 e. The molecule has 1 atom stereocenters. The topological polar surface area (TPSA) is 60.0 Å². The van der Waals surface area contributed by atoms with Crippen molar-refractivity contribution in [2.45, 2.75) is 11.6 Å². The summed E-state index contributed by atoms with van der Waals surface area (Å²) >= 11 is 0. The molecule has 1 heterocycles. The summed E-state index contributed by atoms with van der Waals surface area (Å²) in [6.07, 6.45) is 0. The fraction of sp³-hybridized carbons (Fsp3) is 0.219. The second-order valence-electron chi connectivity index (χ2n) is 9.22. The highest BCUT2D eigenvalue weighted by atomic mass is 16.5. The number of benzene rings is 4. The van der Waals surface area contributed by atoms with Crippen molar-refractivity contribution in [1.82, 2.24) is 5.32 Å². The molecule has 1 N–H and O–H groups in total. The van der Waals surface area contributed by atoms with Crippen LogP contribution >= 0.6 is 0 Å². The Morgan fingerprint density at radius 1 is 0.842 bits per heavy atom. The summed E-state index contributed by atoms with van der Waals surface area (Å²) in [4.78, 5) is 15.6. The summed E-state index contributed by atoms with van der Waals surface area (Å²) in [5.41, 5.74) is 2.97. The Morgan fingerprint density at radius 3 is 1.92 bits per heavy atom. The number of amides is 1. The molecule has 4 aromatic carbocycles. The molecule has 38 heavy (non-hydrogen) atoms. The number of methoxy groups -OCH3 is 1. The molecule has 1 aliphatic rings. The Bertz CT molecular complexity index is 1250. The quantitative estimate of drug-likeness (QED) is 0.254. The molecule has 4 aromatic rings. The van der Waals surface area contributed by atoms with Crippen LogP contribution in [0.25, 0.3) is 0 Å². The maximum absolute atomic E-state index is 14.0. The molecule has 0 aromatic heterocycles. The van der Waals surface area contributed by atoms with Crippen molar-refractivity contribution in [3.8, 4) is 11.5 Å². The molecule has 194 valence electrons. The van der Waals surface area contributed by atoms with Crippen LogP contribution in [-0.2, 0) is 15.1 Å². The zero-order valence-corrected chi connectivity index (χ0v) is 21.7. The molecule has 0 saturated heterocycles. The SMILES string of the molecule is COCCOc1ccc2c(c1)N(C)C(=O)[C@@H](NC(c1ccccc1)(c1ccccc1)c1ccccc1)CO2. The van der Waals surface area contributed by atoms with E-state index in [-0.39, 0.29) is 12.5 Å². The van der Waals surface area contributed by atoms with Gasteiger partial charge in [0, 0.05) is 20.2 Å². The van der Waals surface area contributed by atoms with Gasteiger partial charge in [-0.2, -0.15) is 0 Å². The van der Waals surface area contributed by atoms with E-state index in [1.807, 2.05) is 72.8 Å². The summed E-state index contributed by atoms with van der Waals surface area (Å²) in [5.74, 6) is 1.20. The van der Waals surface area contributed by atoms with Gasteiger partial charge in [0.15, 0.2) is 0 Å². The van der Waals surface area contributed by atoms with Gasteiger partial charge < -0.3 is 19.1 Å². The van der Waals surface area contributed by atoms with Gasteiger partial charge in [-0.25, -0.2) is 0 Å². The number of ether oxygens (including phenoxy) is 3. The average Bonchev–Trinajstić information content (AvgIpc) is 3.09. The number of hydrogen-bond acceptors (Lipinski definition) is 5. The van der Waals surface area contributed by atoms with Crippen molar-refractivity contribution in [2.24, 2.45) is 0 Å². The minimum atomic E-state index is -0.792. The lowest BCUT2D eigenvalue weighted by Gasteiger charge is -2.39. The molecule has 1 amide bonds. The van der Waals surface area contributed by atoms with E-state index in [0.717, 1.165) is 16.7 Å². The Morgan fingerprint density at radius 2 is 1.39 bits per heavy atom. The molecule has 0 radical (unpaired) electrons. The van der Waals surface area contributed by atoms with E-state index in [1.165, 1.54) is 0 Å². The summed E-state index contributed by atoms with van der Waals surface area (Å²) in [6.45, 7) is 1.08. The molecule has 0 aliphatic carbocycles. The minimum absolute atomic E-state index is 0.0926. The smallest absolute Gasteiger partial charge is 0.247 e. The first-order chi connectivity index (χ1) is 18.6. The van der Waals surface area contributed by atoms with Crippen molar-refractivity contribution in [3.05, 3.63) is 126 Å². The second kappa shape index (κ2) is 11.5. The second-order valence-corrected chi connectivity index (χ2v) is 9.22. The van der Waals surface area contributed by atoms with Crippen molar-refractivity contribution in [3.63, 3.8) is 0 Å². The Kier molecular flexibility index (Phi) is 7.73. The van der Waals surface area contributed by atoms with Crippen LogP contribution in [0, 0.1) is 0 Å². The maximum atomic E-state index is 14.0. The van der Waals surface area contributed by atoms with Gasteiger partial charge in [-0.15, -0.1) is 0 Å². The van der Waals surface area contributed by atoms with Gasteiger partial charge in [0.25, 0.3) is 0 Å². The van der Waals surface area contributed by atoms with Crippen LogP contribution in [0.1, 0.15) is 16.7 Å². The van der Waals surface area contributed by atoms with Gasteiger partial charge >= 0.3 is 0 Å². The molecule has 0 unspecified atom stereocenters. The first kappa shape index (κ1) is 25.5. The highest BCUT2D eigenvalue weighted by Gasteiger charge is 2.41. The molecule has 0 saturated carbocycles. The lowest BCUT2D eigenvalue weighted by Crippen LogP contribution is -2.56. The summed E-state index contributed by atoms with van der Waals surface area (Å²) < 4.78 is 17.1. The first-order valence-corrected chi connectivity index (χ1v) is 12.7. The fourth-order valence-electron chi connectivity index (χ4n) is 4.99. The molecular weight excluding hydrogens is 476 g/mol. The van der Waals surface area contributed by atoms with Crippen LogP contribution in [0.3, 0.4) is 0 Å². The van der Waals surface area contributed by atoms with Gasteiger partial charge in [0.2, 0.25) is 5.91 Å². The Balaban J connectivity index is 1.55. The lowest BCUT2D eigenvalue weighted by molar-refractivity contribution is -0.121. The van der Waals surface area contributed by atoms with Gasteiger partial charge in [-0.1, -0.05) is 91.0 Å². The van der Waals surface area contributed by atoms with Crippen LogP contribution in [0.2, 0.25) is 0 Å². The summed E-state index contributed by atoms with van der Waals surface area (Å²) in [6, 6.07) is 35.6. The molecule has 6 heteroatoms. The minimum Gasteiger partial charge on any atom is -0.491 e. The molecule has 1 aliphatic heterocycles. The number of likely N-dealkylation sites (N-methyl/N-ethyl adjacent to an activating group) is 1. The number of carbonyl (C=O) groups excluding carboxylic acids is 1. The monoisotopic (exact) mass is 508 g/mol. The number of nitrogens with zero attached hydrogens (tertiary/aromatic N) is 1. The highest BCUT2D eigenvalue weighted by Crippen LogP contribution is 2.39. The van der Waals surface area contributed by atoms with E-state index in [0.29, 0.717) is 30.4 Å². The first-order valence-electron chi connectivity index (χ1n) is 12.7. The largest absolute Gasteiger partial charge is 0.491 e. The van der Waals surface area contributed by atoms with Crippen LogP contribution < -0.4 is 19.7 Å². The summed E-state index contributed by atoms with van der Waals surface area (Å²) in [7, 11) is 3.41. The van der Waals surface area contributed by atoms with E-state index >= 15 is 0 Å². The van der Waals surface area contributed by atoms with Crippen LogP contribution in [-0.4, -0.2) is 45.9 Å². The molecule has 5 rings (SSSR count). The number of nitrogens with one attached hydrogen (secondary N) is 1. The number of hydrogen-bond donors (Lipinski definition) is 1. The van der Waals surface area contributed by atoms with Crippen LogP contribution in [0.15, 0.2) is 109 Å². The third kappa shape index (κ3) is 5.01. The summed E-state index contributed by atoms with van der Waals surface area (Å²) in [5, 5.41) is 3.77. The van der Waals surface area contributed by atoms with Gasteiger partial charge in [-0.3, -0.25) is 10.1 Å². The zero-order valence-electron chi connectivity index (χ0n) is 21.7. The predicted octanol–water partition coefficient (Wildman–Crippen LogP) is 5.02. The average molecular weight is 509 g/mol. The zero-order chi connectivity index (χ0) is 26.4. The standard InChI is InChI=1S/C32H32N2O4/c1-34-29-22-27(37-21-20-36-2)18-19-30(29)38-23-28(31(34)35)33-32(24-12-6-3-7-13-24,25-14-8-4-9-15-25)26-16-10-5-11-17-26/h3-19,22,28,33H,20-21,23H2,1-2H3/t28-/m0/s1. The van der Waals surface area contributed by atoms with Gasteiger partial charge in [0.1, 0.15) is 30.8 Å². The number of carbonyl (C=O) groups is 1. The molecule has 0 fully saturated rings. The lowest BCUT2D eigenvalue weighted by atomic mass is 9.76. The van der Waals surface area contributed by atoms with E-state index in [1.54, 1.807) is 19.1 Å². The highest BCUT2D eigenvalue weighted by molar-refractivity contribution is 5.99. The Labute approximate surface area is 223 Å². The van der Waals surface area contributed by atoms with Crippen molar-refractivity contribution < 1.29 is 19.0 Å². The number of rotatable bonds is 9. The molecule has 0 spiro atoms. The van der Waals surface area contributed by atoms with E-state index in [9.17, 15) is 4.79 Å². The number of fused-ring (bicyclic) bond motifs is 1. The third-order valence-electron chi connectivity index (χ3n) is 6.89. The third-order valence-corrected chi connectivity index (χ3v) is 6.89. The van der Waals surface area contributed by atoms with Crippen molar-refractivity contribution >= 4 is 11.6 Å². The van der Waals surface area contributed by atoms with E-state index < -0.39 is 11.6 Å². The van der Waals surface area contributed by atoms with Crippen molar-refractivity contribution in [2.75, 3.05) is 38.9 Å².